The van der Waals surface area contributed by atoms with Crippen molar-refractivity contribution in [2.24, 2.45) is 17.8 Å². The van der Waals surface area contributed by atoms with Gasteiger partial charge in [-0.15, -0.1) is 11.3 Å². The van der Waals surface area contributed by atoms with Gasteiger partial charge in [-0.1, -0.05) is 12.1 Å². The molecule has 0 bridgehead atoms. The molecule has 2 aliphatic heterocycles. The zero-order chi connectivity index (χ0) is 17.8. The molecule has 6 heteroatoms. The van der Waals surface area contributed by atoms with Crippen LogP contribution in [0.3, 0.4) is 0 Å². The zero-order valence-corrected chi connectivity index (χ0v) is 15.0. The molecule has 26 heavy (non-hydrogen) atoms. The summed E-state index contributed by atoms with van der Waals surface area (Å²) in [5, 5.41) is 9.52. The number of nitrogens with zero attached hydrogens (tertiary/aromatic N) is 1. The van der Waals surface area contributed by atoms with Crippen LogP contribution in [0.25, 0.3) is 10.4 Å². The van der Waals surface area contributed by atoms with Gasteiger partial charge in [0.1, 0.15) is 12.4 Å². The lowest BCUT2D eigenvalue weighted by atomic mass is 9.92. The first-order chi connectivity index (χ1) is 12.6. The predicted octanol–water partition coefficient (Wildman–Crippen LogP) is 3.49. The van der Waals surface area contributed by atoms with Crippen LogP contribution in [0.1, 0.15) is 28.1 Å². The Hall–Kier alpha value is -2.34. The van der Waals surface area contributed by atoms with E-state index in [1.807, 2.05) is 30.3 Å². The molecule has 3 heterocycles. The highest BCUT2D eigenvalue weighted by Gasteiger charge is 2.47. The normalized spacial score (nSPS) is 23.9. The Labute approximate surface area is 155 Å². The number of hydrogen-bond donors (Lipinski definition) is 1. The van der Waals surface area contributed by atoms with Gasteiger partial charge in [0.05, 0.1) is 10.8 Å². The quantitative estimate of drug-likeness (QED) is 0.899. The fraction of sp³-hybridized carbons (Fsp3) is 0.400. The molecule has 5 rings (SSSR count). The van der Waals surface area contributed by atoms with Crippen molar-refractivity contribution in [2.45, 2.75) is 19.4 Å². The van der Waals surface area contributed by atoms with Gasteiger partial charge in [-0.3, -0.25) is 9.59 Å². The molecule has 1 aliphatic carbocycles. The summed E-state index contributed by atoms with van der Waals surface area (Å²) in [7, 11) is 0. The highest BCUT2D eigenvalue weighted by Crippen LogP contribution is 2.46. The molecule has 2 atom stereocenters. The molecular weight excluding hydrogens is 350 g/mol. The molecule has 1 saturated heterocycles. The number of thiophene rings is 1. The minimum Gasteiger partial charge on any atom is -0.488 e. The van der Waals surface area contributed by atoms with Crippen LogP contribution in [0.15, 0.2) is 30.3 Å². The number of para-hydroxylation sites is 1. The summed E-state index contributed by atoms with van der Waals surface area (Å²) in [6.07, 6.45) is 2.19. The molecule has 1 N–H and O–H groups in total. The first-order valence-electron chi connectivity index (χ1n) is 8.99. The van der Waals surface area contributed by atoms with Crippen LogP contribution in [0.4, 0.5) is 0 Å². The number of carboxylic acids is 1. The fourth-order valence-electron chi connectivity index (χ4n) is 4.22. The van der Waals surface area contributed by atoms with Crippen LogP contribution in [-0.2, 0) is 11.4 Å². The highest BCUT2D eigenvalue weighted by atomic mass is 32.1. The largest absolute Gasteiger partial charge is 0.488 e. The molecule has 0 radical (unpaired) electrons. The minimum atomic E-state index is -0.773. The molecule has 0 spiro atoms. The number of carboxylic acid groups (broad SMARTS) is 1. The Bertz CT molecular complexity index is 901. The van der Waals surface area contributed by atoms with E-state index < -0.39 is 11.9 Å². The summed E-state index contributed by atoms with van der Waals surface area (Å²) in [6, 6.07) is 9.78. The van der Waals surface area contributed by atoms with E-state index in [4.69, 9.17) is 4.74 Å². The summed E-state index contributed by atoms with van der Waals surface area (Å²) in [5.41, 5.74) is 2.06. The van der Waals surface area contributed by atoms with E-state index in [-0.39, 0.29) is 11.8 Å². The lowest BCUT2D eigenvalue weighted by Gasteiger charge is -2.16. The molecule has 2 aromatic rings. The lowest BCUT2D eigenvalue weighted by molar-refractivity contribution is -0.142. The Kier molecular flexibility index (Phi) is 3.57. The molecule has 2 fully saturated rings. The van der Waals surface area contributed by atoms with Crippen LogP contribution < -0.4 is 4.74 Å². The molecule has 3 aliphatic rings. The van der Waals surface area contributed by atoms with Crippen LogP contribution in [0.2, 0.25) is 0 Å². The van der Waals surface area contributed by atoms with Crippen molar-refractivity contribution in [1.82, 2.24) is 4.90 Å². The highest BCUT2D eigenvalue weighted by molar-refractivity contribution is 7.17. The minimum absolute atomic E-state index is 0.0451. The van der Waals surface area contributed by atoms with Gasteiger partial charge in [-0.05, 0) is 42.9 Å². The van der Waals surface area contributed by atoms with Gasteiger partial charge >= 0.3 is 5.97 Å². The molecule has 0 unspecified atom stereocenters. The van der Waals surface area contributed by atoms with Gasteiger partial charge < -0.3 is 14.7 Å². The molecule has 5 nitrogen and oxygen atoms in total. The van der Waals surface area contributed by atoms with Crippen LogP contribution >= 0.6 is 11.3 Å². The fourth-order valence-corrected chi connectivity index (χ4v) is 5.38. The monoisotopic (exact) mass is 369 g/mol. The number of amides is 1. The zero-order valence-electron chi connectivity index (χ0n) is 14.2. The molecule has 1 aromatic heterocycles. The van der Waals surface area contributed by atoms with E-state index in [0.717, 1.165) is 34.6 Å². The van der Waals surface area contributed by atoms with Crippen molar-refractivity contribution in [1.29, 1.82) is 0 Å². The number of fused-ring (bicyclic) bond motifs is 3. The van der Waals surface area contributed by atoms with Crippen molar-refractivity contribution >= 4 is 23.2 Å². The van der Waals surface area contributed by atoms with Gasteiger partial charge in [-0.25, -0.2) is 0 Å². The van der Waals surface area contributed by atoms with Crippen molar-refractivity contribution in [2.75, 3.05) is 13.1 Å². The maximum atomic E-state index is 13.0. The third kappa shape index (κ3) is 2.51. The summed E-state index contributed by atoms with van der Waals surface area (Å²) < 4.78 is 5.78. The molecular formula is C20H19NO4S. The summed E-state index contributed by atoms with van der Waals surface area (Å²) in [6.45, 7) is 1.36. The third-order valence-electron chi connectivity index (χ3n) is 5.73. The van der Waals surface area contributed by atoms with E-state index in [9.17, 15) is 14.7 Å². The molecule has 1 aromatic carbocycles. The van der Waals surface area contributed by atoms with E-state index >= 15 is 0 Å². The second-order valence-electron chi connectivity index (χ2n) is 7.41. The van der Waals surface area contributed by atoms with Crippen molar-refractivity contribution < 1.29 is 19.4 Å². The Morgan fingerprint density at radius 3 is 2.77 bits per heavy atom. The van der Waals surface area contributed by atoms with E-state index in [1.54, 1.807) is 4.90 Å². The van der Waals surface area contributed by atoms with E-state index in [1.165, 1.54) is 11.3 Å². The summed E-state index contributed by atoms with van der Waals surface area (Å²) >= 11 is 1.49. The number of carbonyl (C=O) groups is 2. The average molecular weight is 369 g/mol. The smallest absolute Gasteiger partial charge is 0.308 e. The number of hydrogen-bond acceptors (Lipinski definition) is 4. The number of likely N-dealkylation sites (tertiary alicyclic amines) is 1. The second kappa shape index (κ2) is 5.84. The predicted molar refractivity (Wildman–Crippen MR) is 97.3 cm³/mol. The van der Waals surface area contributed by atoms with Gasteiger partial charge in [-0.2, -0.15) is 0 Å². The molecule has 1 amide bonds. The van der Waals surface area contributed by atoms with E-state index in [2.05, 4.69) is 0 Å². The number of ether oxygens (including phenoxy) is 1. The SMILES string of the molecule is O=C(O)[C@H]1CN(C(=O)c2cc3c(s2)-c2ccccc2OC3)C[C@@H]1C1CC1. The third-order valence-corrected chi connectivity index (χ3v) is 6.93. The van der Waals surface area contributed by atoms with Gasteiger partial charge in [0.15, 0.2) is 0 Å². The topological polar surface area (TPSA) is 66.8 Å². The molecule has 134 valence electrons. The maximum Gasteiger partial charge on any atom is 0.308 e. The van der Waals surface area contributed by atoms with Gasteiger partial charge in [0.25, 0.3) is 5.91 Å². The number of aliphatic carboxylic acids is 1. The molecule has 1 saturated carbocycles. The van der Waals surface area contributed by atoms with Crippen molar-refractivity contribution in [3.63, 3.8) is 0 Å². The average Bonchev–Trinajstić information content (AvgIpc) is 3.23. The maximum absolute atomic E-state index is 13.0. The van der Waals surface area contributed by atoms with Crippen molar-refractivity contribution in [3.05, 3.63) is 40.8 Å². The number of benzene rings is 1. The van der Waals surface area contributed by atoms with Crippen LogP contribution in [0, 0.1) is 17.8 Å². The Morgan fingerprint density at radius 2 is 2.00 bits per heavy atom. The van der Waals surface area contributed by atoms with Crippen LogP contribution in [0.5, 0.6) is 5.75 Å². The number of rotatable bonds is 3. The Morgan fingerprint density at radius 1 is 1.19 bits per heavy atom. The first-order valence-corrected chi connectivity index (χ1v) is 9.80. The van der Waals surface area contributed by atoms with Crippen LogP contribution in [-0.4, -0.2) is 35.0 Å². The van der Waals surface area contributed by atoms with Crippen molar-refractivity contribution in [3.8, 4) is 16.2 Å². The van der Waals surface area contributed by atoms with Gasteiger partial charge in [0, 0.05) is 29.1 Å². The summed E-state index contributed by atoms with van der Waals surface area (Å²) in [5.74, 6) is 0.189. The summed E-state index contributed by atoms with van der Waals surface area (Å²) in [4.78, 5) is 28.1. The first kappa shape index (κ1) is 15.9. The Balaban J connectivity index is 1.42. The lowest BCUT2D eigenvalue weighted by Crippen LogP contribution is -2.29. The standard InChI is InChI=1S/C20H19NO4S/c22-19(21-8-14(11-5-6-11)15(9-21)20(23)24)17-7-12-10-25-16-4-2-1-3-13(16)18(12)26-17/h1-4,7,11,14-15H,5-6,8-10H2,(H,23,24)/t14-,15+/m1/s1. The number of carbonyl (C=O) groups excluding carboxylic acids is 1. The second-order valence-corrected chi connectivity index (χ2v) is 8.46. The van der Waals surface area contributed by atoms with E-state index in [0.29, 0.717) is 30.5 Å². The van der Waals surface area contributed by atoms with Gasteiger partial charge in [0.2, 0.25) is 0 Å².